The van der Waals surface area contributed by atoms with E-state index in [0.29, 0.717) is 16.3 Å². The summed E-state index contributed by atoms with van der Waals surface area (Å²) < 4.78 is 11.9. The van der Waals surface area contributed by atoms with Gasteiger partial charge in [0.1, 0.15) is 11.7 Å². The number of halogens is 2. The molecule has 0 saturated heterocycles. The molecule has 2 atom stereocenters. The van der Waals surface area contributed by atoms with Crippen molar-refractivity contribution in [3.63, 3.8) is 0 Å². The number of rotatable bonds is 9. The predicted molar refractivity (Wildman–Crippen MR) is 120 cm³/mol. The van der Waals surface area contributed by atoms with Gasteiger partial charge in [-0.3, -0.25) is 19.1 Å². The van der Waals surface area contributed by atoms with Crippen LogP contribution in [-0.2, 0) is 20.6 Å². The van der Waals surface area contributed by atoms with Gasteiger partial charge in [-0.25, -0.2) is 0 Å². The molecule has 168 valence electrons. The maximum absolute atomic E-state index is 12.9. The number of nitrogens with zero attached hydrogens (tertiary/aromatic N) is 1. The number of carbonyl (C=O) groups is 2. The zero-order chi connectivity index (χ0) is 23.2. The van der Waals surface area contributed by atoms with E-state index in [0.717, 1.165) is 0 Å². The molecule has 0 fully saturated rings. The first-order valence-corrected chi connectivity index (χ1v) is 11.9. The van der Waals surface area contributed by atoms with Crippen molar-refractivity contribution < 1.29 is 23.9 Å². The van der Waals surface area contributed by atoms with Crippen molar-refractivity contribution in [1.82, 2.24) is 10.3 Å². The zero-order valence-electron chi connectivity index (χ0n) is 17.0. The van der Waals surface area contributed by atoms with Crippen LogP contribution in [0.15, 0.2) is 42.7 Å². The number of carbonyl (C=O) groups excluding carboxylic acids is 2. The highest BCUT2D eigenvalue weighted by Gasteiger charge is 2.37. The third kappa shape index (κ3) is 7.91. The predicted octanol–water partition coefficient (Wildman–Crippen LogP) is 3.65. The molecular weight excluding hydrogens is 464 g/mol. The molecule has 2 rings (SSSR count). The molecule has 1 aromatic heterocycles. The molecule has 0 unspecified atom stereocenters. The van der Waals surface area contributed by atoms with E-state index in [4.69, 9.17) is 23.2 Å². The minimum atomic E-state index is -4.72. The largest absolute Gasteiger partial charge is 0.343 e. The van der Waals surface area contributed by atoms with Crippen molar-refractivity contribution in [2.45, 2.75) is 38.4 Å². The first kappa shape index (κ1) is 25.3. The van der Waals surface area contributed by atoms with Gasteiger partial charge < -0.3 is 20.4 Å². The van der Waals surface area contributed by atoms with Crippen LogP contribution in [0.2, 0.25) is 10.0 Å². The minimum absolute atomic E-state index is 0.0237. The summed E-state index contributed by atoms with van der Waals surface area (Å²) in [4.78, 5) is 48.9. The highest BCUT2D eigenvalue weighted by molar-refractivity contribution is 7.53. The van der Waals surface area contributed by atoms with Crippen LogP contribution in [-0.4, -0.2) is 38.3 Å². The van der Waals surface area contributed by atoms with E-state index in [-0.39, 0.29) is 23.8 Å². The Hall–Kier alpha value is -1.96. The van der Waals surface area contributed by atoms with Crippen molar-refractivity contribution in [1.29, 1.82) is 0 Å². The summed E-state index contributed by atoms with van der Waals surface area (Å²) >= 11 is 11.9. The van der Waals surface area contributed by atoms with Crippen LogP contribution < -0.4 is 10.6 Å². The number of benzene rings is 1. The van der Waals surface area contributed by atoms with Crippen LogP contribution in [0.25, 0.3) is 0 Å². The SMILES string of the molecule is CC(C)C[C@@H](C(=O)N[C@@H](Cc1cccnc1)C(=O)Nc1ccc(Cl)c(Cl)c1)P(=O)(O)O. The number of hydrogen-bond acceptors (Lipinski definition) is 4. The maximum atomic E-state index is 12.9. The van der Waals surface area contributed by atoms with Crippen LogP contribution in [0.5, 0.6) is 0 Å². The zero-order valence-corrected chi connectivity index (χ0v) is 19.4. The molecule has 0 radical (unpaired) electrons. The third-order valence-electron chi connectivity index (χ3n) is 4.39. The van der Waals surface area contributed by atoms with Gasteiger partial charge >= 0.3 is 7.60 Å². The Morgan fingerprint density at radius 1 is 1.13 bits per heavy atom. The van der Waals surface area contributed by atoms with Crippen molar-refractivity contribution in [2.24, 2.45) is 5.92 Å². The molecule has 31 heavy (non-hydrogen) atoms. The monoisotopic (exact) mass is 487 g/mol. The van der Waals surface area contributed by atoms with E-state index in [1.165, 1.54) is 12.1 Å². The maximum Gasteiger partial charge on any atom is 0.337 e. The Labute approximate surface area is 190 Å². The summed E-state index contributed by atoms with van der Waals surface area (Å²) in [6, 6.07) is 6.83. The Kier molecular flexibility index (Phi) is 9.03. The quantitative estimate of drug-likeness (QED) is 0.399. The van der Waals surface area contributed by atoms with E-state index in [2.05, 4.69) is 15.6 Å². The van der Waals surface area contributed by atoms with Gasteiger partial charge in [0.15, 0.2) is 0 Å². The number of amides is 2. The molecule has 2 amide bonds. The average molecular weight is 488 g/mol. The lowest BCUT2D eigenvalue weighted by Crippen LogP contribution is -2.48. The van der Waals surface area contributed by atoms with Gasteiger partial charge in [-0.2, -0.15) is 0 Å². The Morgan fingerprint density at radius 3 is 2.39 bits per heavy atom. The fourth-order valence-corrected chi connectivity index (χ4v) is 4.25. The summed E-state index contributed by atoms with van der Waals surface area (Å²) in [5.74, 6) is -1.60. The molecule has 0 aliphatic carbocycles. The van der Waals surface area contributed by atoms with Gasteiger partial charge in [0.05, 0.1) is 10.0 Å². The number of pyridine rings is 1. The van der Waals surface area contributed by atoms with Crippen molar-refractivity contribution in [3.05, 3.63) is 58.3 Å². The van der Waals surface area contributed by atoms with Crippen molar-refractivity contribution in [3.8, 4) is 0 Å². The van der Waals surface area contributed by atoms with Crippen LogP contribution in [0.3, 0.4) is 0 Å². The second kappa shape index (κ2) is 11.1. The lowest BCUT2D eigenvalue weighted by atomic mass is 10.0. The fraction of sp³-hybridized carbons (Fsp3) is 0.350. The van der Waals surface area contributed by atoms with E-state index >= 15 is 0 Å². The molecular formula is C20H24Cl2N3O5P. The van der Waals surface area contributed by atoms with E-state index < -0.39 is 31.1 Å². The minimum Gasteiger partial charge on any atom is -0.343 e. The first-order chi connectivity index (χ1) is 14.5. The smallest absolute Gasteiger partial charge is 0.337 e. The number of nitrogens with one attached hydrogen (secondary N) is 2. The highest BCUT2D eigenvalue weighted by Crippen LogP contribution is 2.44. The first-order valence-electron chi connectivity index (χ1n) is 9.47. The van der Waals surface area contributed by atoms with Crippen LogP contribution >= 0.6 is 30.8 Å². The van der Waals surface area contributed by atoms with Gasteiger partial charge in [0.25, 0.3) is 0 Å². The molecule has 0 saturated carbocycles. The normalized spacial score (nSPS) is 13.5. The third-order valence-corrected chi connectivity index (χ3v) is 6.38. The molecule has 4 N–H and O–H groups in total. The van der Waals surface area contributed by atoms with Gasteiger partial charge in [0.2, 0.25) is 11.8 Å². The highest BCUT2D eigenvalue weighted by atomic mass is 35.5. The molecule has 0 aliphatic heterocycles. The Bertz CT molecular complexity index is 969. The van der Waals surface area contributed by atoms with Crippen LogP contribution in [0.1, 0.15) is 25.8 Å². The van der Waals surface area contributed by atoms with Crippen LogP contribution in [0.4, 0.5) is 5.69 Å². The van der Waals surface area contributed by atoms with Crippen molar-refractivity contribution in [2.75, 3.05) is 5.32 Å². The van der Waals surface area contributed by atoms with Crippen LogP contribution in [0, 0.1) is 5.92 Å². The molecule has 8 nitrogen and oxygen atoms in total. The summed E-state index contributed by atoms with van der Waals surface area (Å²) in [6.07, 6.45) is 3.16. The molecule has 0 spiro atoms. The molecule has 0 bridgehead atoms. The Morgan fingerprint density at radius 2 is 1.84 bits per heavy atom. The fourth-order valence-electron chi connectivity index (χ4n) is 2.88. The van der Waals surface area contributed by atoms with Crippen molar-refractivity contribution >= 4 is 48.3 Å². The number of anilines is 1. The molecule has 2 aromatic rings. The summed E-state index contributed by atoms with van der Waals surface area (Å²) in [6.45, 7) is 3.50. The molecule has 1 heterocycles. The molecule has 11 heteroatoms. The van der Waals surface area contributed by atoms with Gasteiger partial charge in [-0.15, -0.1) is 0 Å². The van der Waals surface area contributed by atoms with E-state index in [9.17, 15) is 23.9 Å². The Balaban J connectivity index is 2.26. The van der Waals surface area contributed by atoms with Gasteiger partial charge in [-0.05, 0) is 42.2 Å². The molecule has 0 aliphatic rings. The van der Waals surface area contributed by atoms with Gasteiger partial charge in [-0.1, -0.05) is 43.1 Å². The lowest BCUT2D eigenvalue weighted by Gasteiger charge is -2.24. The average Bonchev–Trinajstić information content (AvgIpc) is 2.68. The second-order valence-corrected chi connectivity index (χ2v) is 10.1. The van der Waals surface area contributed by atoms with Gasteiger partial charge in [0, 0.05) is 24.5 Å². The second-order valence-electron chi connectivity index (χ2n) is 7.48. The summed E-state index contributed by atoms with van der Waals surface area (Å²) in [5.41, 5.74) is -0.533. The topological polar surface area (TPSA) is 129 Å². The lowest BCUT2D eigenvalue weighted by molar-refractivity contribution is -0.126. The number of aromatic nitrogens is 1. The standard InChI is InChI=1S/C20H24Cl2N3O5P/c1-12(2)8-18(31(28,29)30)20(27)25-17(9-13-4-3-7-23-11-13)19(26)24-14-5-6-15(21)16(22)10-14/h3-7,10-12,17-18H,8-9H2,1-2H3,(H,24,26)(H,25,27)(H2,28,29,30)/t17-,18-/m0/s1. The van der Waals surface area contributed by atoms with E-state index in [1.807, 2.05) is 0 Å². The van der Waals surface area contributed by atoms with E-state index in [1.54, 1.807) is 44.4 Å². The molecule has 1 aromatic carbocycles. The summed E-state index contributed by atoms with van der Waals surface area (Å²) in [7, 11) is -4.72. The summed E-state index contributed by atoms with van der Waals surface area (Å²) in [5, 5.41) is 5.70. The number of hydrogen-bond donors (Lipinski definition) is 4.